The summed E-state index contributed by atoms with van der Waals surface area (Å²) in [6.07, 6.45) is 2.53. The fourth-order valence-corrected chi connectivity index (χ4v) is 1.82. The predicted octanol–water partition coefficient (Wildman–Crippen LogP) is 3.16. The van der Waals surface area contributed by atoms with Gasteiger partial charge in [0.25, 0.3) is 0 Å². The topological polar surface area (TPSA) is 65.5 Å². The molecule has 0 atom stereocenters. The zero-order chi connectivity index (χ0) is 15.1. The van der Waals surface area contributed by atoms with E-state index in [1.54, 1.807) is 13.8 Å². The SMILES string of the molecule is CCO/C=C(/C(=O)OCC)C(=O)c1cc(Br)cnc1Cl. The van der Waals surface area contributed by atoms with E-state index in [-0.39, 0.29) is 22.9 Å². The van der Waals surface area contributed by atoms with Crippen LogP contribution >= 0.6 is 27.5 Å². The van der Waals surface area contributed by atoms with Gasteiger partial charge in [0.15, 0.2) is 0 Å². The van der Waals surface area contributed by atoms with Crippen LogP contribution < -0.4 is 0 Å². The van der Waals surface area contributed by atoms with E-state index in [4.69, 9.17) is 21.1 Å². The van der Waals surface area contributed by atoms with Gasteiger partial charge < -0.3 is 9.47 Å². The van der Waals surface area contributed by atoms with Crippen LogP contribution in [0.15, 0.2) is 28.6 Å². The molecule has 0 spiro atoms. The fraction of sp³-hybridized carbons (Fsp3) is 0.308. The number of hydrogen-bond acceptors (Lipinski definition) is 5. The Morgan fingerprint density at radius 1 is 1.40 bits per heavy atom. The van der Waals surface area contributed by atoms with Crippen LogP contribution in [0.2, 0.25) is 5.15 Å². The van der Waals surface area contributed by atoms with Gasteiger partial charge in [0, 0.05) is 10.7 Å². The molecular formula is C13H13BrClNO4. The molecule has 7 heteroatoms. The summed E-state index contributed by atoms with van der Waals surface area (Å²) in [7, 11) is 0. The van der Waals surface area contributed by atoms with Gasteiger partial charge >= 0.3 is 5.97 Å². The average molecular weight is 363 g/mol. The molecule has 0 radical (unpaired) electrons. The Kier molecular flexibility index (Phi) is 6.67. The lowest BCUT2D eigenvalue weighted by atomic mass is 10.1. The number of ketones is 1. The molecule has 0 saturated carbocycles. The fourth-order valence-electron chi connectivity index (χ4n) is 1.30. The summed E-state index contributed by atoms with van der Waals surface area (Å²) < 4.78 is 10.4. The molecule has 0 aliphatic carbocycles. The van der Waals surface area contributed by atoms with Crippen molar-refractivity contribution in [1.82, 2.24) is 4.98 Å². The molecule has 0 fully saturated rings. The minimum Gasteiger partial charge on any atom is -0.500 e. The third kappa shape index (κ3) is 4.31. The predicted molar refractivity (Wildman–Crippen MR) is 77.6 cm³/mol. The normalized spacial score (nSPS) is 11.1. The molecule has 1 aromatic rings. The van der Waals surface area contributed by atoms with Gasteiger partial charge in [-0.1, -0.05) is 11.6 Å². The van der Waals surface area contributed by atoms with Crippen molar-refractivity contribution in [3.8, 4) is 0 Å². The van der Waals surface area contributed by atoms with E-state index in [1.807, 2.05) is 0 Å². The van der Waals surface area contributed by atoms with Crippen LogP contribution in [-0.2, 0) is 14.3 Å². The molecule has 0 aliphatic heterocycles. The molecule has 0 unspecified atom stereocenters. The van der Waals surface area contributed by atoms with Gasteiger partial charge in [-0.25, -0.2) is 9.78 Å². The maximum atomic E-state index is 12.3. The van der Waals surface area contributed by atoms with Crippen LogP contribution in [0.1, 0.15) is 24.2 Å². The molecule has 108 valence electrons. The zero-order valence-electron chi connectivity index (χ0n) is 11.0. The lowest BCUT2D eigenvalue weighted by molar-refractivity contribution is -0.138. The first-order valence-electron chi connectivity index (χ1n) is 5.85. The molecule has 20 heavy (non-hydrogen) atoms. The summed E-state index contributed by atoms with van der Waals surface area (Å²) >= 11 is 9.07. The van der Waals surface area contributed by atoms with E-state index in [9.17, 15) is 9.59 Å². The Bertz CT molecular complexity index is 545. The second kappa shape index (κ2) is 8.01. The van der Waals surface area contributed by atoms with E-state index < -0.39 is 11.8 Å². The first-order chi connectivity index (χ1) is 9.51. The number of halogens is 2. The zero-order valence-corrected chi connectivity index (χ0v) is 13.3. The number of esters is 1. The smallest absolute Gasteiger partial charge is 0.345 e. The standard InChI is InChI=1S/C13H13BrClNO4/c1-3-19-7-10(13(18)20-4-2)11(17)9-5-8(14)6-16-12(9)15/h5-7H,3-4H2,1-2H3/b10-7+. The number of ether oxygens (including phenoxy) is 2. The minimum absolute atomic E-state index is 0.00453. The first kappa shape index (κ1) is 16.7. The van der Waals surface area contributed by atoms with Crippen molar-refractivity contribution in [3.63, 3.8) is 0 Å². The number of carbonyl (C=O) groups is 2. The Morgan fingerprint density at radius 3 is 2.70 bits per heavy atom. The van der Waals surface area contributed by atoms with Crippen LogP contribution in [0, 0.1) is 0 Å². The molecule has 1 aromatic heterocycles. The van der Waals surface area contributed by atoms with Gasteiger partial charge in [-0.05, 0) is 35.8 Å². The number of rotatable bonds is 6. The van der Waals surface area contributed by atoms with Gasteiger partial charge in [-0.15, -0.1) is 0 Å². The highest BCUT2D eigenvalue weighted by Crippen LogP contribution is 2.21. The number of nitrogens with zero attached hydrogens (tertiary/aromatic N) is 1. The van der Waals surface area contributed by atoms with Crippen LogP contribution in [0.4, 0.5) is 0 Å². The maximum absolute atomic E-state index is 12.3. The van der Waals surface area contributed by atoms with Crippen molar-refractivity contribution in [2.75, 3.05) is 13.2 Å². The van der Waals surface area contributed by atoms with E-state index in [2.05, 4.69) is 20.9 Å². The van der Waals surface area contributed by atoms with Crippen molar-refractivity contribution in [1.29, 1.82) is 0 Å². The molecule has 0 N–H and O–H groups in total. The van der Waals surface area contributed by atoms with Gasteiger partial charge in [0.2, 0.25) is 5.78 Å². The van der Waals surface area contributed by atoms with Crippen molar-refractivity contribution < 1.29 is 19.1 Å². The lowest BCUT2D eigenvalue weighted by Crippen LogP contribution is -2.17. The summed E-state index contributed by atoms with van der Waals surface area (Å²) in [5.41, 5.74) is -0.129. The molecule has 0 bridgehead atoms. The highest BCUT2D eigenvalue weighted by molar-refractivity contribution is 9.10. The number of aromatic nitrogens is 1. The molecule has 1 heterocycles. The number of hydrogen-bond donors (Lipinski definition) is 0. The minimum atomic E-state index is -0.762. The quantitative estimate of drug-likeness (QED) is 0.148. The van der Waals surface area contributed by atoms with Crippen molar-refractivity contribution in [2.45, 2.75) is 13.8 Å². The molecule has 0 saturated heterocycles. The van der Waals surface area contributed by atoms with Crippen LogP contribution in [0.25, 0.3) is 0 Å². The molecule has 0 amide bonds. The Labute approximate surface area is 130 Å². The Balaban J connectivity index is 3.16. The van der Waals surface area contributed by atoms with Gasteiger partial charge in [0.1, 0.15) is 17.0 Å². The van der Waals surface area contributed by atoms with E-state index in [0.717, 1.165) is 6.26 Å². The number of pyridine rings is 1. The maximum Gasteiger partial charge on any atom is 0.345 e. The highest BCUT2D eigenvalue weighted by Gasteiger charge is 2.24. The largest absolute Gasteiger partial charge is 0.500 e. The summed E-state index contributed by atoms with van der Waals surface area (Å²) in [6, 6.07) is 1.48. The highest BCUT2D eigenvalue weighted by atomic mass is 79.9. The summed E-state index contributed by atoms with van der Waals surface area (Å²) in [5, 5.41) is 0.00453. The third-order valence-electron chi connectivity index (χ3n) is 2.16. The molecule has 5 nitrogen and oxygen atoms in total. The molecular weight excluding hydrogens is 350 g/mol. The van der Waals surface area contributed by atoms with Gasteiger partial charge in [-0.3, -0.25) is 4.79 Å². The van der Waals surface area contributed by atoms with Crippen LogP contribution in [0.5, 0.6) is 0 Å². The van der Waals surface area contributed by atoms with Crippen LogP contribution in [0.3, 0.4) is 0 Å². The van der Waals surface area contributed by atoms with Crippen molar-refractivity contribution in [3.05, 3.63) is 39.3 Å². The summed E-state index contributed by atoms with van der Waals surface area (Å²) in [5.74, 6) is -1.36. The van der Waals surface area contributed by atoms with E-state index in [1.165, 1.54) is 12.3 Å². The van der Waals surface area contributed by atoms with Gasteiger partial charge in [-0.2, -0.15) is 0 Å². The van der Waals surface area contributed by atoms with Crippen molar-refractivity contribution >= 4 is 39.3 Å². The molecule has 0 aliphatic rings. The Hall–Kier alpha value is -1.40. The van der Waals surface area contributed by atoms with E-state index >= 15 is 0 Å². The van der Waals surface area contributed by atoms with Gasteiger partial charge in [0.05, 0.1) is 18.8 Å². The monoisotopic (exact) mass is 361 g/mol. The van der Waals surface area contributed by atoms with Crippen LogP contribution in [-0.4, -0.2) is 30.0 Å². The second-order valence-electron chi connectivity index (χ2n) is 3.53. The lowest BCUT2D eigenvalue weighted by Gasteiger charge is -2.08. The summed E-state index contributed by atoms with van der Waals surface area (Å²) in [6.45, 7) is 3.85. The molecule has 0 aromatic carbocycles. The van der Waals surface area contributed by atoms with E-state index in [0.29, 0.717) is 11.1 Å². The van der Waals surface area contributed by atoms with Crippen molar-refractivity contribution in [2.24, 2.45) is 0 Å². The third-order valence-corrected chi connectivity index (χ3v) is 2.89. The Morgan fingerprint density at radius 2 is 2.10 bits per heavy atom. The summed E-state index contributed by atoms with van der Waals surface area (Å²) in [4.78, 5) is 28.0. The average Bonchev–Trinajstić information content (AvgIpc) is 2.42. The molecule has 1 rings (SSSR count). The number of carbonyl (C=O) groups excluding carboxylic acids is 2. The number of Topliss-reactive ketones (excluding diaryl/α,β-unsaturated/α-hetero) is 1. The second-order valence-corrected chi connectivity index (χ2v) is 4.80. The first-order valence-corrected chi connectivity index (χ1v) is 7.03.